The van der Waals surface area contributed by atoms with Crippen LogP contribution in [0.5, 0.6) is 0 Å². The molecule has 128 valence electrons. The zero-order valence-electron chi connectivity index (χ0n) is 12.9. The van der Waals surface area contributed by atoms with Crippen LogP contribution < -0.4 is 0 Å². The number of carboxylic acid groups (broad SMARTS) is 1. The van der Waals surface area contributed by atoms with Crippen LogP contribution in [0.15, 0.2) is 40.6 Å². The van der Waals surface area contributed by atoms with Gasteiger partial charge in [-0.15, -0.1) is 11.3 Å². The highest BCUT2D eigenvalue weighted by Crippen LogP contribution is 2.35. The maximum atomic E-state index is 12.8. The fraction of sp³-hybridized carbons (Fsp3) is 0.312. The SMILES string of the molecule is Cc1ccc(-c2ccc(S(=O)(=O)N3C[C@H](O)C[C@@H]3C(=O)O)s2)cc1. The smallest absolute Gasteiger partial charge is 0.322 e. The summed E-state index contributed by atoms with van der Waals surface area (Å²) >= 11 is 1.10. The van der Waals surface area contributed by atoms with E-state index in [0.717, 1.165) is 31.6 Å². The summed E-state index contributed by atoms with van der Waals surface area (Å²) in [7, 11) is -3.95. The van der Waals surface area contributed by atoms with E-state index >= 15 is 0 Å². The number of hydrogen-bond donors (Lipinski definition) is 2. The Hall–Kier alpha value is -1.74. The Morgan fingerprint density at radius 3 is 2.50 bits per heavy atom. The number of β-amino-alcohol motifs (C(OH)–C–C–N with tert-alkyl or cyclic N) is 1. The first-order valence-electron chi connectivity index (χ1n) is 7.38. The van der Waals surface area contributed by atoms with Gasteiger partial charge in [0.25, 0.3) is 10.0 Å². The maximum Gasteiger partial charge on any atom is 0.322 e. The number of hydrogen-bond acceptors (Lipinski definition) is 5. The molecule has 0 aliphatic carbocycles. The van der Waals surface area contributed by atoms with Gasteiger partial charge in [-0.05, 0) is 24.6 Å². The molecule has 0 saturated carbocycles. The second kappa shape index (κ2) is 6.29. The van der Waals surface area contributed by atoms with E-state index in [2.05, 4.69) is 0 Å². The summed E-state index contributed by atoms with van der Waals surface area (Å²) in [6.07, 6.45) is -1.05. The molecule has 0 radical (unpaired) electrons. The van der Waals surface area contributed by atoms with Crippen molar-refractivity contribution in [2.24, 2.45) is 0 Å². The summed E-state index contributed by atoms with van der Waals surface area (Å²) in [6.45, 7) is 1.77. The van der Waals surface area contributed by atoms with Crippen LogP contribution in [0.3, 0.4) is 0 Å². The van der Waals surface area contributed by atoms with Crippen molar-refractivity contribution in [2.75, 3.05) is 6.54 Å². The third-order valence-corrected chi connectivity index (χ3v) is 7.48. The summed E-state index contributed by atoms with van der Waals surface area (Å²) in [4.78, 5) is 12.1. The number of aliphatic carboxylic acids is 1. The Morgan fingerprint density at radius 2 is 1.88 bits per heavy atom. The van der Waals surface area contributed by atoms with E-state index in [1.165, 1.54) is 6.07 Å². The lowest BCUT2D eigenvalue weighted by Gasteiger charge is -2.19. The molecule has 2 aromatic rings. The van der Waals surface area contributed by atoms with Crippen molar-refractivity contribution in [2.45, 2.75) is 29.7 Å². The van der Waals surface area contributed by atoms with Crippen molar-refractivity contribution >= 4 is 27.3 Å². The molecule has 1 fully saturated rings. The van der Waals surface area contributed by atoms with E-state index in [0.29, 0.717) is 0 Å². The van der Waals surface area contributed by atoms with Crippen LogP contribution in [0, 0.1) is 6.92 Å². The summed E-state index contributed by atoms with van der Waals surface area (Å²) in [5.41, 5.74) is 2.02. The molecule has 0 unspecified atom stereocenters. The normalized spacial score (nSPS) is 21.9. The van der Waals surface area contributed by atoms with E-state index in [1.54, 1.807) is 6.07 Å². The maximum absolute atomic E-state index is 12.8. The van der Waals surface area contributed by atoms with Gasteiger partial charge in [0.15, 0.2) is 0 Å². The zero-order chi connectivity index (χ0) is 17.5. The van der Waals surface area contributed by atoms with Crippen molar-refractivity contribution in [1.29, 1.82) is 0 Å². The topological polar surface area (TPSA) is 94.9 Å². The first-order valence-corrected chi connectivity index (χ1v) is 9.64. The molecule has 6 nitrogen and oxygen atoms in total. The largest absolute Gasteiger partial charge is 0.480 e. The first kappa shape index (κ1) is 17.1. The van der Waals surface area contributed by atoms with Gasteiger partial charge in [-0.3, -0.25) is 4.79 Å². The second-order valence-corrected chi connectivity index (χ2v) is 9.00. The molecule has 1 aliphatic rings. The van der Waals surface area contributed by atoms with Crippen molar-refractivity contribution in [1.82, 2.24) is 4.31 Å². The van der Waals surface area contributed by atoms with Gasteiger partial charge in [-0.1, -0.05) is 29.8 Å². The number of carboxylic acids is 1. The van der Waals surface area contributed by atoms with Crippen LogP contribution in [0.25, 0.3) is 10.4 Å². The Morgan fingerprint density at radius 1 is 1.21 bits per heavy atom. The summed E-state index contributed by atoms with van der Waals surface area (Å²) in [5, 5.41) is 18.9. The zero-order valence-corrected chi connectivity index (χ0v) is 14.5. The van der Waals surface area contributed by atoms with E-state index in [1.807, 2.05) is 31.2 Å². The molecule has 2 heterocycles. The molecule has 3 rings (SSSR count). The minimum atomic E-state index is -3.95. The van der Waals surface area contributed by atoms with E-state index in [4.69, 9.17) is 0 Å². The van der Waals surface area contributed by atoms with E-state index in [-0.39, 0.29) is 17.2 Å². The Labute approximate surface area is 144 Å². The summed E-state index contributed by atoms with van der Waals surface area (Å²) in [6, 6.07) is 9.69. The number of benzene rings is 1. The highest BCUT2D eigenvalue weighted by Gasteiger charge is 2.44. The van der Waals surface area contributed by atoms with Crippen LogP contribution in [-0.2, 0) is 14.8 Å². The molecule has 0 amide bonds. The molecule has 0 spiro atoms. The van der Waals surface area contributed by atoms with Gasteiger partial charge >= 0.3 is 5.97 Å². The van der Waals surface area contributed by atoms with Crippen LogP contribution in [-0.4, -0.2) is 47.6 Å². The van der Waals surface area contributed by atoms with Crippen LogP contribution >= 0.6 is 11.3 Å². The molecule has 2 N–H and O–H groups in total. The average Bonchev–Trinajstić information content (AvgIpc) is 3.15. The van der Waals surface area contributed by atoms with Gasteiger partial charge in [0.2, 0.25) is 0 Å². The summed E-state index contributed by atoms with van der Waals surface area (Å²) < 4.78 is 26.5. The van der Waals surface area contributed by atoms with E-state index in [9.17, 15) is 23.4 Å². The van der Waals surface area contributed by atoms with Crippen molar-refractivity contribution in [3.63, 3.8) is 0 Å². The van der Waals surface area contributed by atoms with Crippen LogP contribution in [0.2, 0.25) is 0 Å². The predicted molar refractivity (Wildman–Crippen MR) is 90.4 cm³/mol. The van der Waals surface area contributed by atoms with Crippen LogP contribution in [0.1, 0.15) is 12.0 Å². The van der Waals surface area contributed by atoms with E-state index < -0.39 is 28.1 Å². The first-order chi connectivity index (χ1) is 11.3. The van der Waals surface area contributed by atoms with Gasteiger partial charge < -0.3 is 10.2 Å². The lowest BCUT2D eigenvalue weighted by molar-refractivity contribution is -0.140. The molecule has 1 aliphatic heterocycles. The highest BCUT2D eigenvalue weighted by atomic mass is 32.2. The molecule has 1 aromatic heterocycles. The number of aryl methyl sites for hydroxylation is 1. The Balaban J connectivity index is 1.93. The molecular weight excluding hydrogens is 350 g/mol. The van der Waals surface area contributed by atoms with Gasteiger partial charge in [-0.25, -0.2) is 8.42 Å². The molecule has 1 saturated heterocycles. The number of nitrogens with zero attached hydrogens (tertiary/aromatic N) is 1. The standard InChI is InChI=1S/C16H17NO5S2/c1-10-2-4-11(5-3-10)14-6-7-15(23-14)24(21,22)17-9-12(18)8-13(17)16(19)20/h2-7,12-13,18H,8-9H2,1H3,(H,19,20)/t12-,13-/m1/s1. The lowest BCUT2D eigenvalue weighted by atomic mass is 10.1. The van der Waals surface area contributed by atoms with Crippen molar-refractivity contribution in [3.05, 3.63) is 42.0 Å². The fourth-order valence-corrected chi connectivity index (χ4v) is 5.79. The van der Waals surface area contributed by atoms with Gasteiger partial charge in [0, 0.05) is 17.8 Å². The number of aliphatic hydroxyl groups is 1. The molecular formula is C16H17NO5S2. The fourth-order valence-electron chi connectivity index (χ4n) is 2.72. The second-order valence-electron chi connectivity index (χ2n) is 5.80. The van der Waals surface area contributed by atoms with Crippen molar-refractivity contribution < 1.29 is 23.4 Å². The minimum absolute atomic E-state index is 0.0819. The third-order valence-electron chi connectivity index (χ3n) is 4.00. The quantitative estimate of drug-likeness (QED) is 0.861. The monoisotopic (exact) mass is 367 g/mol. The molecule has 24 heavy (non-hydrogen) atoms. The van der Waals surface area contributed by atoms with Gasteiger partial charge in [0.05, 0.1) is 6.10 Å². The average molecular weight is 367 g/mol. The lowest BCUT2D eigenvalue weighted by Crippen LogP contribution is -2.40. The van der Waals surface area contributed by atoms with Crippen LogP contribution in [0.4, 0.5) is 0 Å². The number of rotatable bonds is 4. The number of thiophene rings is 1. The molecule has 2 atom stereocenters. The molecule has 1 aromatic carbocycles. The van der Waals surface area contributed by atoms with Gasteiger partial charge in [-0.2, -0.15) is 4.31 Å². The third kappa shape index (κ3) is 3.10. The van der Waals surface area contributed by atoms with Gasteiger partial charge in [0.1, 0.15) is 10.3 Å². The summed E-state index contributed by atoms with van der Waals surface area (Å²) in [5.74, 6) is -1.24. The molecule has 8 heteroatoms. The Kier molecular flexibility index (Phi) is 4.48. The number of aliphatic hydroxyl groups excluding tert-OH is 1. The number of carbonyl (C=O) groups is 1. The number of sulfonamides is 1. The minimum Gasteiger partial charge on any atom is -0.480 e. The predicted octanol–water partition coefficient (Wildman–Crippen LogP) is 1.93. The van der Waals surface area contributed by atoms with Crippen molar-refractivity contribution in [3.8, 4) is 10.4 Å². The Bertz CT molecular complexity index is 857. The highest BCUT2D eigenvalue weighted by molar-refractivity contribution is 7.91. The molecule has 0 bridgehead atoms.